The van der Waals surface area contributed by atoms with Gasteiger partial charge in [-0.3, -0.25) is 9.59 Å². The summed E-state index contributed by atoms with van der Waals surface area (Å²) < 4.78 is 10.8. The Hall–Kier alpha value is -4.10. The molecule has 198 valence electrons. The maximum absolute atomic E-state index is 13.0. The van der Waals surface area contributed by atoms with Gasteiger partial charge < -0.3 is 15.2 Å². The van der Waals surface area contributed by atoms with Crippen LogP contribution in [0.5, 0.6) is 0 Å². The number of nitrogens with two attached hydrogens (primary N) is 1. The van der Waals surface area contributed by atoms with Gasteiger partial charge in [-0.2, -0.15) is 0 Å². The van der Waals surface area contributed by atoms with E-state index in [4.69, 9.17) is 15.2 Å². The topological polar surface area (TPSA) is 113 Å². The summed E-state index contributed by atoms with van der Waals surface area (Å²) in [4.78, 5) is 51.2. The summed E-state index contributed by atoms with van der Waals surface area (Å²) in [7, 11) is 0. The number of Topliss-reactive ketones (excluding diaryl/α,β-unsaturated/α-hetero) is 2. The van der Waals surface area contributed by atoms with E-state index in [0.717, 1.165) is 22.3 Å². The van der Waals surface area contributed by atoms with Crippen LogP contribution in [0.2, 0.25) is 0 Å². The first-order valence-electron chi connectivity index (χ1n) is 12.3. The van der Waals surface area contributed by atoms with Crippen molar-refractivity contribution in [2.75, 3.05) is 6.61 Å². The number of hydrogen-bond acceptors (Lipinski definition) is 7. The Morgan fingerprint density at radius 3 is 1.63 bits per heavy atom. The van der Waals surface area contributed by atoms with Crippen molar-refractivity contribution in [1.29, 1.82) is 0 Å². The van der Waals surface area contributed by atoms with Gasteiger partial charge in [-0.1, -0.05) is 54.6 Å². The fourth-order valence-corrected chi connectivity index (χ4v) is 4.16. The van der Waals surface area contributed by atoms with Gasteiger partial charge in [0.2, 0.25) is 0 Å². The van der Waals surface area contributed by atoms with E-state index >= 15 is 0 Å². The second kappa shape index (κ2) is 12.0. The molecule has 0 aliphatic rings. The van der Waals surface area contributed by atoms with Crippen molar-refractivity contribution in [1.82, 2.24) is 0 Å². The molecule has 38 heavy (non-hydrogen) atoms. The number of aryl methyl sites for hydroxylation is 2. The zero-order valence-corrected chi connectivity index (χ0v) is 22.6. The maximum Gasteiger partial charge on any atom is 0.380 e. The van der Waals surface area contributed by atoms with Crippen LogP contribution in [0.25, 0.3) is 0 Å². The molecule has 3 aromatic rings. The zero-order valence-electron chi connectivity index (χ0n) is 22.6. The van der Waals surface area contributed by atoms with Gasteiger partial charge >= 0.3 is 11.9 Å². The summed E-state index contributed by atoms with van der Waals surface area (Å²) >= 11 is 0. The standard InChI is InChI=1S/C31H33NO6/c1-17-12-14-24(21(5)19(17)3)27(33)30(35)37-16-26(32)29(23-10-8-7-9-11-23)38-31(36)28(34)25-15-13-18(2)20(4)22(25)6/h7-15,26,29H,16,32H2,1-6H3. The molecule has 0 fully saturated rings. The molecule has 0 radical (unpaired) electrons. The van der Waals surface area contributed by atoms with Crippen molar-refractivity contribution in [3.63, 3.8) is 0 Å². The lowest BCUT2D eigenvalue weighted by molar-refractivity contribution is -0.147. The van der Waals surface area contributed by atoms with Crippen molar-refractivity contribution in [3.05, 3.63) is 105 Å². The van der Waals surface area contributed by atoms with Crippen LogP contribution in [-0.4, -0.2) is 36.2 Å². The molecule has 0 aliphatic carbocycles. The molecule has 0 amide bonds. The molecule has 0 heterocycles. The molecular weight excluding hydrogens is 482 g/mol. The smallest absolute Gasteiger partial charge is 0.380 e. The Morgan fingerprint density at radius 1 is 0.658 bits per heavy atom. The molecule has 0 spiro atoms. The monoisotopic (exact) mass is 515 g/mol. The van der Waals surface area contributed by atoms with Crippen molar-refractivity contribution in [2.24, 2.45) is 5.73 Å². The second-order valence-electron chi connectivity index (χ2n) is 9.52. The SMILES string of the molecule is Cc1ccc(C(=O)C(=O)OCC(N)C(OC(=O)C(=O)c2ccc(C)c(C)c2C)c2ccccc2)c(C)c1C. The van der Waals surface area contributed by atoms with Crippen LogP contribution in [0.15, 0.2) is 54.6 Å². The Kier molecular flexibility index (Phi) is 8.96. The molecule has 2 N–H and O–H groups in total. The van der Waals surface area contributed by atoms with Crippen molar-refractivity contribution in [3.8, 4) is 0 Å². The Balaban J connectivity index is 1.77. The number of benzene rings is 3. The third-order valence-corrected chi connectivity index (χ3v) is 7.13. The highest BCUT2D eigenvalue weighted by Gasteiger charge is 2.31. The highest BCUT2D eigenvalue weighted by atomic mass is 16.6. The van der Waals surface area contributed by atoms with Crippen LogP contribution in [0.4, 0.5) is 0 Å². The number of ketones is 2. The first-order valence-corrected chi connectivity index (χ1v) is 12.3. The first-order chi connectivity index (χ1) is 17.9. The van der Waals surface area contributed by atoms with Crippen LogP contribution in [0.3, 0.4) is 0 Å². The van der Waals surface area contributed by atoms with E-state index in [1.807, 2.05) is 27.7 Å². The lowest BCUT2D eigenvalue weighted by Gasteiger charge is -2.24. The second-order valence-corrected chi connectivity index (χ2v) is 9.52. The average Bonchev–Trinajstić information content (AvgIpc) is 2.91. The molecule has 0 aromatic heterocycles. The van der Waals surface area contributed by atoms with Crippen molar-refractivity contribution >= 4 is 23.5 Å². The fraction of sp³-hybridized carbons (Fsp3) is 0.290. The molecule has 0 saturated carbocycles. The largest absolute Gasteiger partial charge is 0.458 e. The number of esters is 2. The number of carbonyl (C=O) groups is 4. The minimum atomic E-state index is -1.09. The number of hydrogen-bond donors (Lipinski definition) is 1. The van der Waals surface area contributed by atoms with Gasteiger partial charge in [0.25, 0.3) is 11.6 Å². The predicted molar refractivity (Wildman–Crippen MR) is 144 cm³/mol. The van der Waals surface area contributed by atoms with Gasteiger partial charge in [0.1, 0.15) is 12.7 Å². The Bertz CT molecular complexity index is 1390. The molecule has 0 saturated heterocycles. The highest BCUT2D eigenvalue weighted by Crippen LogP contribution is 2.24. The number of rotatable bonds is 9. The maximum atomic E-state index is 13.0. The summed E-state index contributed by atoms with van der Waals surface area (Å²) in [5, 5.41) is 0. The van der Waals surface area contributed by atoms with E-state index in [-0.39, 0.29) is 11.1 Å². The molecule has 7 nitrogen and oxygen atoms in total. The minimum Gasteiger partial charge on any atom is -0.458 e. The number of ether oxygens (including phenoxy) is 2. The molecule has 2 atom stereocenters. The Labute approximate surface area is 223 Å². The van der Waals surface area contributed by atoms with Crippen LogP contribution in [0.1, 0.15) is 65.8 Å². The summed E-state index contributed by atoms with van der Waals surface area (Å²) in [6.07, 6.45) is -1.09. The third kappa shape index (κ3) is 6.06. The fourth-order valence-electron chi connectivity index (χ4n) is 4.16. The molecule has 0 bridgehead atoms. The molecule has 2 unspecified atom stereocenters. The zero-order chi connectivity index (χ0) is 28.1. The van der Waals surface area contributed by atoms with E-state index in [1.54, 1.807) is 68.4 Å². The quantitative estimate of drug-likeness (QED) is 0.248. The summed E-state index contributed by atoms with van der Waals surface area (Å²) in [5.74, 6) is -3.72. The normalized spacial score (nSPS) is 12.4. The van der Waals surface area contributed by atoms with Crippen LogP contribution >= 0.6 is 0 Å². The van der Waals surface area contributed by atoms with Gasteiger partial charge in [0, 0.05) is 11.1 Å². The average molecular weight is 516 g/mol. The minimum absolute atomic E-state index is 0.249. The van der Waals surface area contributed by atoms with E-state index < -0.39 is 42.3 Å². The highest BCUT2D eigenvalue weighted by molar-refractivity contribution is 6.41. The molecule has 0 aliphatic heterocycles. The first kappa shape index (κ1) is 28.5. The van der Waals surface area contributed by atoms with Crippen LogP contribution < -0.4 is 5.73 Å². The van der Waals surface area contributed by atoms with E-state index in [1.165, 1.54) is 0 Å². The van der Waals surface area contributed by atoms with Crippen LogP contribution in [0, 0.1) is 41.5 Å². The van der Waals surface area contributed by atoms with Gasteiger partial charge in [-0.15, -0.1) is 0 Å². The molecule has 3 rings (SSSR count). The number of carbonyl (C=O) groups excluding carboxylic acids is 4. The predicted octanol–water partition coefficient (Wildman–Crippen LogP) is 4.76. The lowest BCUT2D eigenvalue weighted by Crippen LogP contribution is -2.38. The van der Waals surface area contributed by atoms with E-state index in [0.29, 0.717) is 16.7 Å². The van der Waals surface area contributed by atoms with Crippen molar-refractivity contribution < 1.29 is 28.7 Å². The Morgan fingerprint density at radius 2 is 1.13 bits per heavy atom. The summed E-state index contributed by atoms with van der Waals surface area (Å²) in [6.45, 7) is 10.7. The van der Waals surface area contributed by atoms with Crippen molar-refractivity contribution in [2.45, 2.75) is 53.7 Å². The third-order valence-electron chi connectivity index (χ3n) is 7.13. The van der Waals surface area contributed by atoms with E-state index in [2.05, 4.69) is 0 Å². The van der Waals surface area contributed by atoms with Gasteiger partial charge in [0.05, 0.1) is 6.04 Å². The molecule has 7 heteroatoms. The summed E-state index contributed by atoms with van der Waals surface area (Å²) in [6, 6.07) is 14.3. The molecular formula is C31H33NO6. The van der Waals surface area contributed by atoms with Gasteiger partial charge in [0.15, 0.2) is 0 Å². The molecule has 3 aromatic carbocycles. The van der Waals surface area contributed by atoms with Gasteiger partial charge in [-0.25, -0.2) is 9.59 Å². The van der Waals surface area contributed by atoms with E-state index in [9.17, 15) is 19.2 Å². The lowest BCUT2D eigenvalue weighted by atomic mass is 9.96. The van der Waals surface area contributed by atoms with Crippen LogP contribution in [-0.2, 0) is 19.1 Å². The van der Waals surface area contributed by atoms with Gasteiger partial charge in [-0.05, 0) is 80.5 Å². The summed E-state index contributed by atoms with van der Waals surface area (Å²) in [5.41, 5.74) is 12.6.